The normalized spacial score (nSPS) is 17.7. The van der Waals surface area contributed by atoms with Gasteiger partial charge in [-0.25, -0.2) is 4.90 Å². The first kappa shape index (κ1) is 23.8. The van der Waals surface area contributed by atoms with Crippen molar-refractivity contribution in [3.8, 4) is 5.75 Å². The van der Waals surface area contributed by atoms with E-state index in [-0.39, 0.29) is 28.5 Å². The third-order valence-electron chi connectivity index (χ3n) is 5.48. The lowest BCUT2D eigenvalue weighted by molar-refractivity contribution is -0.125. The van der Waals surface area contributed by atoms with Crippen molar-refractivity contribution in [1.29, 1.82) is 0 Å². The van der Waals surface area contributed by atoms with Gasteiger partial charge in [-0.2, -0.15) is 0 Å². The second kappa shape index (κ2) is 9.13. The topological polar surface area (TPSA) is 96.0 Å². The van der Waals surface area contributed by atoms with Gasteiger partial charge in [0.2, 0.25) is 5.91 Å². The Kier molecular flexibility index (Phi) is 6.40. The predicted octanol–water partition coefficient (Wildman–Crippen LogP) is 3.32. The SMILES string of the molecule is CCOc1ccc(N2C(=O)c3ccc(C(=O)N4CSCC4C(=O)NC(C)(C)C)cc3C2=O)cc1. The number of amides is 4. The number of nitrogens with one attached hydrogen (secondary N) is 1. The van der Waals surface area contributed by atoms with Gasteiger partial charge in [-0.05, 0) is 70.2 Å². The van der Waals surface area contributed by atoms with Crippen molar-refractivity contribution in [2.24, 2.45) is 0 Å². The van der Waals surface area contributed by atoms with E-state index in [4.69, 9.17) is 4.74 Å². The van der Waals surface area contributed by atoms with Crippen LogP contribution in [0.4, 0.5) is 5.69 Å². The summed E-state index contributed by atoms with van der Waals surface area (Å²) in [5.41, 5.74) is 0.700. The van der Waals surface area contributed by atoms with Crippen molar-refractivity contribution >= 4 is 41.1 Å². The lowest BCUT2D eigenvalue weighted by atomic mass is 10.0. The molecule has 0 aromatic heterocycles. The summed E-state index contributed by atoms with van der Waals surface area (Å²) in [4.78, 5) is 54.7. The molecule has 4 rings (SSSR count). The van der Waals surface area contributed by atoms with Crippen LogP contribution in [-0.2, 0) is 4.79 Å². The summed E-state index contributed by atoms with van der Waals surface area (Å²) < 4.78 is 5.42. The molecule has 1 saturated heterocycles. The minimum Gasteiger partial charge on any atom is -0.494 e. The Morgan fingerprint density at radius 3 is 2.38 bits per heavy atom. The van der Waals surface area contributed by atoms with Gasteiger partial charge in [0.05, 0.1) is 29.3 Å². The number of ether oxygens (including phenoxy) is 1. The van der Waals surface area contributed by atoms with Gasteiger partial charge >= 0.3 is 0 Å². The Morgan fingerprint density at radius 2 is 1.74 bits per heavy atom. The number of imide groups is 1. The first-order valence-electron chi connectivity index (χ1n) is 11.1. The van der Waals surface area contributed by atoms with Crippen LogP contribution in [0.25, 0.3) is 0 Å². The van der Waals surface area contributed by atoms with Crippen LogP contribution in [0.2, 0.25) is 0 Å². The van der Waals surface area contributed by atoms with Gasteiger partial charge in [-0.3, -0.25) is 19.2 Å². The van der Waals surface area contributed by atoms with Gasteiger partial charge < -0.3 is 15.0 Å². The van der Waals surface area contributed by atoms with Crippen LogP contribution >= 0.6 is 11.8 Å². The molecular formula is C25H27N3O5S. The molecule has 0 bridgehead atoms. The maximum Gasteiger partial charge on any atom is 0.266 e. The molecule has 1 fully saturated rings. The molecule has 178 valence electrons. The van der Waals surface area contributed by atoms with Crippen molar-refractivity contribution in [2.45, 2.75) is 39.3 Å². The van der Waals surface area contributed by atoms with E-state index in [1.807, 2.05) is 27.7 Å². The fourth-order valence-corrected chi connectivity index (χ4v) is 5.10. The Bertz CT molecular complexity index is 1160. The highest BCUT2D eigenvalue weighted by Gasteiger charge is 2.39. The third kappa shape index (κ3) is 4.52. The van der Waals surface area contributed by atoms with E-state index >= 15 is 0 Å². The van der Waals surface area contributed by atoms with Crippen molar-refractivity contribution in [2.75, 3.05) is 23.1 Å². The first-order chi connectivity index (χ1) is 16.1. The fraction of sp³-hybridized carbons (Fsp3) is 0.360. The molecule has 1 N–H and O–H groups in total. The summed E-state index contributed by atoms with van der Waals surface area (Å²) in [5.74, 6) is 0.0370. The molecule has 8 nitrogen and oxygen atoms in total. The molecule has 0 saturated carbocycles. The van der Waals surface area contributed by atoms with Gasteiger partial charge in [-0.15, -0.1) is 11.8 Å². The minimum atomic E-state index is -0.595. The monoisotopic (exact) mass is 481 g/mol. The number of carbonyl (C=O) groups excluding carboxylic acids is 4. The Morgan fingerprint density at radius 1 is 1.06 bits per heavy atom. The zero-order valence-electron chi connectivity index (χ0n) is 19.6. The number of hydrogen-bond donors (Lipinski definition) is 1. The highest BCUT2D eigenvalue weighted by Crippen LogP contribution is 2.31. The van der Waals surface area contributed by atoms with Gasteiger partial charge in [0.1, 0.15) is 11.8 Å². The molecule has 2 aromatic carbocycles. The molecule has 2 aliphatic heterocycles. The largest absolute Gasteiger partial charge is 0.494 e. The Hall–Kier alpha value is -3.33. The summed E-state index contributed by atoms with van der Waals surface area (Å²) in [6.07, 6.45) is 0. The van der Waals surface area contributed by atoms with Crippen LogP contribution < -0.4 is 15.0 Å². The summed E-state index contributed by atoms with van der Waals surface area (Å²) >= 11 is 1.50. The van der Waals surface area contributed by atoms with Gasteiger partial charge in [0.15, 0.2) is 0 Å². The zero-order chi connectivity index (χ0) is 24.6. The maximum atomic E-state index is 13.3. The highest BCUT2D eigenvalue weighted by atomic mass is 32.2. The summed E-state index contributed by atoms with van der Waals surface area (Å²) in [6.45, 7) is 8.05. The van der Waals surface area contributed by atoms with Crippen molar-refractivity contribution in [3.63, 3.8) is 0 Å². The molecule has 2 aromatic rings. The standard InChI is InChI=1S/C25H27N3O5S/c1-5-33-17-9-7-16(8-10-17)28-23(31)18-11-6-15(12-19(18)24(28)32)22(30)27-14-34-13-20(27)21(29)26-25(2,3)4/h6-12,20H,5,13-14H2,1-4H3,(H,26,29). The number of carbonyl (C=O) groups is 4. The van der Waals surface area contributed by atoms with Crippen LogP contribution in [0.1, 0.15) is 58.8 Å². The summed E-state index contributed by atoms with van der Waals surface area (Å²) in [7, 11) is 0. The predicted molar refractivity (Wildman–Crippen MR) is 130 cm³/mol. The molecule has 0 spiro atoms. The molecule has 9 heteroatoms. The third-order valence-corrected chi connectivity index (χ3v) is 6.50. The Balaban J connectivity index is 1.57. The van der Waals surface area contributed by atoms with Gasteiger partial charge in [-0.1, -0.05) is 0 Å². The fourth-order valence-electron chi connectivity index (χ4n) is 3.95. The quantitative estimate of drug-likeness (QED) is 0.659. The zero-order valence-corrected chi connectivity index (χ0v) is 20.4. The van der Waals surface area contributed by atoms with E-state index in [1.54, 1.807) is 24.3 Å². The van der Waals surface area contributed by atoms with E-state index in [2.05, 4.69) is 5.32 Å². The maximum absolute atomic E-state index is 13.3. The average molecular weight is 482 g/mol. The van der Waals surface area contributed by atoms with E-state index in [0.717, 1.165) is 4.90 Å². The van der Waals surface area contributed by atoms with E-state index in [1.165, 1.54) is 34.9 Å². The highest BCUT2D eigenvalue weighted by molar-refractivity contribution is 7.99. The lowest BCUT2D eigenvalue weighted by Gasteiger charge is -2.27. The molecule has 1 atom stereocenters. The van der Waals surface area contributed by atoms with E-state index in [9.17, 15) is 19.2 Å². The van der Waals surface area contributed by atoms with Gasteiger partial charge in [0, 0.05) is 16.9 Å². The van der Waals surface area contributed by atoms with Crippen LogP contribution in [0.3, 0.4) is 0 Å². The first-order valence-corrected chi connectivity index (χ1v) is 12.2. The number of rotatable bonds is 5. The minimum absolute atomic E-state index is 0.173. The number of anilines is 1. The smallest absolute Gasteiger partial charge is 0.266 e. The molecule has 34 heavy (non-hydrogen) atoms. The molecular weight excluding hydrogens is 454 g/mol. The second-order valence-corrected chi connectivity index (χ2v) is 10.2. The summed E-state index contributed by atoms with van der Waals surface area (Å²) in [6, 6.07) is 10.6. The second-order valence-electron chi connectivity index (χ2n) is 9.16. The average Bonchev–Trinajstić information content (AvgIpc) is 3.37. The number of nitrogens with zero attached hydrogens (tertiary/aromatic N) is 2. The summed E-state index contributed by atoms with van der Waals surface area (Å²) in [5, 5.41) is 2.93. The van der Waals surface area contributed by atoms with Crippen LogP contribution in [-0.4, -0.2) is 58.3 Å². The van der Waals surface area contributed by atoms with Crippen LogP contribution in [0.15, 0.2) is 42.5 Å². The number of hydrogen-bond acceptors (Lipinski definition) is 6. The number of fused-ring (bicyclic) bond motifs is 1. The number of thioether (sulfide) groups is 1. The van der Waals surface area contributed by atoms with Crippen LogP contribution in [0.5, 0.6) is 5.75 Å². The van der Waals surface area contributed by atoms with Crippen LogP contribution in [0, 0.1) is 0 Å². The van der Waals surface area contributed by atoms with E-state index < -0.39 is 23.4 Å². The molecule has 2 aliphatic rings. The molecule has 0 aliphatic carbocycles. The van der Waals surface area contributed by atoms with Gasteiger partial charge in [0.25, 0.3) is 17.7 Å². The number of benzene rings is 2. The lowest BCUT2D eigenvalue weighted by Crippen LogP contribution is -2.52. The molecule has 0 radical (unpaired) electrons. The molecule has 4 amide bonds. The van der Waals surface area contributed by atoms with Crippen molar-refractivity contribution in [1.82, 2.24) is 10.2 Å². The molecule has 2 heterocycles. The van der Waals surface area contributed by atoms with E-state index in [0.29, 0.717) is 29.7 Å². The van der Waals surface area contributed by atoms with Crippen molar-refractivity contribution in [3.05, 3.63) is 59.2 Å². The Labute approximate surface area is 202 Å². The van der Waals surface area contributed by atoms with Crippen molar-refractivity contribution < 1.29 is 23.9 Å². The molecule has 1 unspecified atom stereocenters.